The molecule has 0 fully saturated rings. The van der Waals surface area contributed by atoms with Crippen LogP contribution < -0.4 is 9.47 Å². The molecular weight excluding hydrogens is 824 g/mol. The van der Waals surface area contributed by atoms with Crippen LogP contribution in [-0.2, 0) is 21.1 Å². The van der Waals surface area contributed by atoms with E-state index < -0.39 is 0 Å². The van der Waals surface area contributed by atoms with E-state index in [9.17, 15) is 0 Å². The van der Waals surface area contributed by atoms with E-state index in [0.717, 1.165) is 50.3 Å². The average Bonchev–Trinajstić information content (AvgIpc) is 3.59. The zero-order valence-corrected chi connectivity index (χ0v) is 34.3. The number of methoxy groups -OCH3 is 1. The zero-order valence-electron chi connectivity index (χ0n) is 32.0. The van der Waals surface area contributed by atoms with Crippen molar-refractivity contribution in [1.29, 1.82) is 0 Å². The second kappa shape index (κ2) is 15.1. The number of para-hydroxylation sites is 1. The van der Waals surface area contributed by atoms with Crippen LogP contribution in [0.3, 0.4) is 0 Å². The van der Waals surface area contributed by atoms with Gasteiger partial charge in [0.1, 0.15) is 11.6 Å². The Bertz CT molecular complexity index is 2260. The van der Waals surface area contributed by atoms with E-state index in [-0.39, 0.29) is 21.1 Å². The van der Waals surface area contributed by atoms with Gasteiger partial charge in [-0.2, -0.15) is 16.7 Å². The summed E-state index contributed by atoms with van der Waals surface area (Å²) in [7, 11) is 1.67. The molecule has 0 bridgehead atoms. The summed E-state index contributed by atoms with van der Waals surface area (Å²) in [6.07, 6.45) is 5.59. The number of fused-ring (bicyclic) bond motifs is 3. The van der Waals surface area contributed by atoms with Crippen LogP contribution in [0.25, 0.3) is 33.3 Å². The number of pyridine rings is 1. The summed E-state index contributed by atoms with van der Waals surface area (Å²) in [5.41, 5.74) is 9.07. The van der Waals surface area contributed by atoms with Gasteiger partial charge in [0.15, 0.2) is 0 Å². The third-order valence-corrected chi connectivity index (χ3v) is 10.9. The Morgan fingerprint density at radius 3 is 2.33 bits per heavy atom. The molecule has 7 heteroatoms. The van der Waals surface area contributed by atoms with Gasteiger partial charge < -0.3 is 14.0 Å². The van der Waals surface area contributed by atoms with Gasteiger partial charge in [-0.3, -0.25) is 4.68 Å². The molecule has 6 nitrogen and oxygen atoms in total. The second-order valence-corrected chi connectivity index (χ2v) is 15.3. The summed E-state index contributed by atoms with van der Waals surface area (Å²) in [4.78, 5) is 4.69. The topological polar surface area (TPSA) is 54.1 Å². The standard InChI is InChI=1S/C45H50N4O2.Pt/c1-26(2)32-21-39(27(3)4)45(40(22-32)28(5)6)44-30(8)47-49(31(44)9)33-19-29(7)20-36(23-33)51-35-15-16-38-37-13-11-12-14-41(37)48(42(38)24-35)43-25-34(50-10)17-18-46-43;/h11-21,25-28,32,40,45H,22H2,1-10H3;/q-2;+2/t32-,40+,45?;/m0./s1. The molecule has 3 heterocycles. The Morgan fingerprint density at radius 1 is 0.846 bits per heavy atom. The van der Waals surface area contributed by atoms with Crippen molar-refractivity contribution in [3.05, 3.63) is 113 Å². The largest absolute Gasteiger partial charge is 2.00 e. The Labute approximate surface area is 323 Å². The van der Waals surface area contributed by atoms with Crippen molar-refractivity contribution < 1.29 is 30.5 Å². The molecular formula is C45H50N4O2Pt. The van der Waals surface area contributed by atoms with E-state index in [1.54, 1.807) is 18.9 Å². The number of aromatic nitrogens is 4. The Morgan fingerprint density at radius 2 is 1.62 bits per heavy atom. The van der Waals surface area contributed by atoms with Crippen LogP contribution in [0.1, 0.15) is 76.4 Å². The van der Waals surface area contributed by atoms with Crippen molar-refractivity contribution >= 4 is 21.8 Å². The zero-order chi connectivity index (χ0) is 36.1. The molecule has 3 aromatic carbocycles. The van der Waals surface area contributed by atoms with Crippen LogP contribution in [0.4, 0.5) is 0 Å². The Kier molecular flexibility index (Phi) is 10.9. The predicted molar refractivity (Wildman–Crippen MR) is 208 cm³/mol. The number of benzene rings is 3. The van der Waals surface area contributed by atoms with Gasteiger partial charge in [0, 0.05) is 46.5 Å². The van der Waals surface area contributed by atoms with Crippen molar-refractivity contribution in [1.82, 2.24) is 19.3 Å². The average molecular weight is 874 g/mol. The van der Waals surface area contributed by atoms with Gasteiger partial charge in [-0.05, 0) is 73.1 Å². The fraction of sp³-hybridized carbons (Fsp3) is 0.378. The first-order chi connectivity index (χ1) is 24.4. The quantitative estimate of drug-likeness (QED) is 0.107. The molecule has 3 aromatic heterocycles. The number of ether oxygens (including phenoxy) is 2. The Balaban J connectivity index is 0.00000464. The van der Waals surface area contributed by atoms with Crippen molar-refractivity contribution in [3.8, 4) is 28.8 Å². The maximum atomic E-state index is 6.57. The molecule has 0 spiro atoms. The molecule has 0 saturated heterocycles. The minimum absolute atomic E-state index is 0. The molecule has 52 heavy (non-hydrogen) atoms. The van der Waals surface area contributed by atoms with E-state index in [1.807, 2.05) is 30.3 Å². The summed E-state index contributed by atoms with van der Waals surface area (Å²) in [5.74, 6) is 5.91. The normalized spacial score (nSPS) is 17.6. The Hall–Kier alpha value is -4.15. The maximum Gasteiger partial charge on any atom is 2.00 e. The van der Waals surface area contributed by atoms with Gasteiger partial charge in [-0.15, -0.1) is 35.7 Å². The number of aryl methyl sites for hydroxylation is 2. The van der Waals surface area contributed by atoms with E-state index in [4.69, 9.17) is 19.6 Å². The van der Waals surface area contributed by atoms with Gasteiger partial charge >= 0.3 is 21.1 Å². The van der Waals surface area contributed by atoms with E-state index >= 15 is 0 Å². The maximum absolute atomic E-state index is 6.57. The van der Waals surface area contributed by atoms with E-state index in [1.165, 1.54) is 17.7 Å². The predicted octanol–water partition coefficient (Wildman–Crippen LogP) is 11.3. The molecule has 272 valence electrons. The SMILES string of the molecule is COc1ccnc(-n2c3[c-]c(Oc4[c-]c(-n5nc(C)c(C6C(C(C)C)=C[C@H](C(C)C)C[C@@H]6C(C)C)c5C)cc(C)c4)ccc3c3ccccc32)c1.[Pt+2]. The minimum Gasteiger partial charge on any atom is -0.509 e. The molecule has 0 radical (unpaired) electrons. The van der Waals surface area contributed by atoms with Gasteiger partial charge in [0.2, 0.25) is 0 Å². The molecule has 0 aliphatic heterocycles. The third kappa shape index (κ3) is 6.87. The van der Waals surface area contributed by atoms with Crippen LogP contribution in [0, 0.1) is 62.5 Å². The van der Waals surface area contributed by atoms with Gasteiger partial charge in [-0.1, -0.05) is 83.8 Å². The number of hydrogen-bond acceptors (Lipinski definition) is 4. The summed E-state index contributed by atoms with van der Waals surface area (Å²) >= 11 is 0. The van der Waals surface area contributed by atoms with E-state index in [2.05, 4.69) is 120 Å². The molecule has 3 atom stereocenters. The smallest absolute Gasteiger partial charge is 0.509 e. The first-order valence-corrected chi connectivity index (χ1v) is 18.4. The van der Waals surface area contributed by atoms with E-state index in [0.29, 0.717) is 47.0 Å². The summed E-state index contributed by atoms with van der Waals surface area (Å²) < 4.78 is 16.3. The summed E-state index contributed by atoms with van der Waals surface area (Å²) in [5, 5.41) is 7.38. The van der Waals surface area contributed by atoms with Crippen LogP contribution in [-0.4, -0.2) is 26.4 Å². The number of nitrogens with zero attached hydrogens (tertiary/aromatic N) is 4. The first-order valence-electron chi connectivity index (χ1n) is 18.4. The fourth-order valence-electron chi connectivity index (χ4n) is 8.28. The first kappa shape index (κ1) is 37.6. The van der Waals surface area contributed by atoms with Crippen LogP contribution in [0.2, 0.25) is 0 Å². The fourth-order valence-corrected chi connectivity index (χ4v) is 8.28. The summed E-state index contributed by atoms with van der Waals surface area (Å²) in [6.45, 7) is 20.7. The van der Waals surface area contributed by atoms with Crippen LogP contribution >= 0.6 is 0 Å². The van der Waals surface area contributed by atoms with Crippen molar-refractivity contribution in [2.75, 3.05) is 7.11 Å². The van der Waals surface area contributed by atoms with Crippen LogP contribution in [0.15, 0.2) is 78.5 Å². The molecule has 0 N–H and O–H groups in total. The molecule has 6 aromatic rings. The molecule has 0 saturated carbocycles. The molecule has 1 aliphatic carbocycles. The molecule has 1 unspecified atom stereocenters. The number of rotatable bonds is 9. The molecule has 7 rings (SSSR count). The third-order valence-electron chi connectivity index (χ3n) is 10.9. The van der Waals surface area contributed by atoms with Crippen LogP contribution in [0.5, 0.6) is 17.2 Å². The second-order valence-electron chi connectivity index (χ2n) is 15.3. The minimum atomic E-state index is 0. The van der Waals surface area contributed by atoms with Crippen molar-refractivity contribution in [3.63, 3.8) is 0 Å². The number of allylic oxidation sites excluding steroid dienone is 2. The van der Waals surface area contributed by atoms with Gasteiger partial charge in [-0.25, -0.2) is 4.98 Å². The van der Waals surface area contributed by atoms with Gasteiger partial charge in [0.25, 0.3) is 0 Å². The van der Waals surface area contributed by atoms with Crippen molar-refractivity contribution in [2.45, 2.75) is 74.7 Å². The molecule has 1 aliphatic rings. The molecule has 0 amide bonds. The summed E-state index contributed by atoms with van der Waals surface area (Å²) in [6, 6.07) is 27.5. The monoisotopic (exact) mass is 873 g/mol. The number of hydrogen-bond donors (Lipinski definition) is 0. The van der Waals surface area contributed by atoms with Gasteiger partial charge in [0.05, 0.1) is 12.8 Å². The van der Waals surface area contributed by atoms with Crippen molar-refractivity contribution in [2.24, 2.45) is 29.6 Å².